The van der Waals surface area contributed by atoms with Crippen LogP contribution in [0.25, 0.3) is 0 Å². The van der Waals surface area contributed by atoms with Crippen LogP contribution in [0.5, 0.6) is 0 Å². The van der Waals surface area contributed by atoms with Gasteiger partial charge in [0.1, 0.15) is 12.1 Å². The number of unbranched alkanes of at least 4 members (excludes halogenated alkanes) is 2. The summed E-state index contributed by atoms with van der Waals surface area (Å²) in [7, 11) is 4.91. The first-order valence-electron chi connectivity index (χ1n) is 9.98. The van der Waals surface area contributed by atoms with Crippen molar-refractivity contribution in [3.8, 4) is 0 Å². The summed E-state index contributed by atoms with van der Waals surface area (Å²) in [5, 5.41) is 0. The molecule has 0 aromatic carbocycles. The number of rotatable bonds is 8. The Kier molecular flexibility index (Phi) is 6.91. The molecule has 2 heterocycles. The number of nitrogens with zero attached hydrogens (tertiary/aromatic N) is 2. The van der Waals surface area contributed by atoms with Gasteiger partial charge in [0.2, 0.25) is 0 Å². The summed E-state index contributed by atoms with van der Waals surface area (Å²) in [5.74, 6) is 0. The van der Waals surface area contributed by atoms with Gasteiger partial charge in [0, 0.05) is 12.8 Å². The average Bonchev–Trinajstić information content (AvgIpc) is 2.55. The highest BCUT2D eigenvalue weighted by atomic mass is 15.4. The highest BCUT2D eigenvalue weighted by molar-refractivity contribution is 4.83. The van der Waals surface area contributed by atoms with Gasteiger partial charge in [0.05, 0.1) is 40.3 Å². The molecule has 23 heavy (non-hydrogen) atoms. The number of quaternary nitrogens is 2. The molecule has 2 aliphatic rings. The Morgan fingerprint density at radius 2 is 1.17 bits per heavy atom. The maximum atomic E-state index is 4.08. The SMILES string of the molecule is C=CC1CCCC[N+]1(C)CCCCC[N+]1(C)CCCCC1C=C. The first-order chi connectivity index (χ1) is 11.0. The Bertz CT molecular complexity index is 355. The lowest BCUT2D eigenvalue weighted by atomic mass is 9.97. The molecule has 0 aromatic heterocycles. The molecular weight excluding hydrogens is 280 g/mol. The number of hydrogen-bond donors (Lipinski definition) is 0. The average molecular weight is 321 g/mol. The molecule has 2 saturated heterocycles. The standard InChI is InChI=1S/C21H40N2/c1-5-20-14-8-12-18-22(20,3)16-10-7-11-17-23(4)19-13-9-15-21(23)6-2/h5-6,20-21H,1-2,7-19H2,3-4H3/q+2. The molecule has 2 nitrogen and oxygen atoms in total. The number of hydrogen-bond acceptors (Lipinski definition) is 0. The van der Waals surface area contributed by atoms with Crippen molar-refractivity contribution in [1.29, 1.82) is 0 Å². The van der Waals surface area contributed by atoms with Crippen molar-refractivity contribution in [2.45, 2.75) is 69.9 Å². The van der Waals surface area contributed by atoms with E-state index in [1.54, 1.807) is 0 Å². The molecule has 0 aliphatic carbocycles. The molecule has 0 aromatic rings. The van der Waals surface area contributed by atoms with Gasteiger partial charge in [-0.15, -0.1) is 0 Å². The summed E-state index contributed by atoms with van der Waals surface area (Å²) >= 11 is 0. The minimum atomic E-state index is 0.695. The first kappa shape index (κ1) is 18.7. The number of piperidine rings is 2. The molecule has 2 rings (SSSR count). The van der Waals surface area contributed by atoms with Crippen LogP contribution in [0.3, 0.4) is 0 Å². The van der Waals surface area contributed by atoms with E-state index in [-0.39, 0.29) is 0 Å². The third-order valence-electron chi connectivity index (χ3n) is 6.82. The van der Waals surface area contributed by atoms with Gasteiger partial charge in [-0.2, -0.15) is 0 Å². The van der Waals surface area contributed by atoms with E-state index in [0.717, 1.165) is 0 Å². The van der Waals surface area contributed by atoms with Crippen LogP contribution >= 0.6 is 0 Å². The van der Waals surface area contributed by atoms with E-state index in [0.29, 0.717) is 12.1 Å². The highest BCUT2D eigenvalue weighted by Gasteiger charge is 2.34. The van der Waals surface area contributed by atoms with E-state index < -0.39 is 0 Å². The molecule has 0 spiro atoms. The summed E-state index contributed by atoms with van der Waals surface area (Å²) in [6.07, 6.45) is 16.8. The second kappa shape index (κ2) is 8.48. The van der Waals surface area contributed by atoms with Gasteiger partial charge in [0.15, 0.2) is 0 Å². The van der Waals surface area contributed by atoms with Crippen LogP contribution in [0.1, 0.15) is 57.8 Å². The van der Waals surface area contributed by atoms with Gasteiger partial charge in [-0.1, -0.05) is 13.2 Å². The Hall–Kier alpha value is -0.600. The lowest BCUT2D eigenvalue weighted by Crippen LogP contribution is -2.55. The Morgan fingerprint density at radius 3 is 1.57 bits per heavy atom. The molecule has 132 valence electrons. The van der Waals surface area contributed by atoms with Crippen LogP contribution in [0, 0.1) is 0 Å². The van der Waals surface area contributed by atoms with Crippen LogP contribution in [0.15, 0.2) is 25.3 Å². The minimum absolute atomic E-state index is 0.695. The van der Waals surface area contributed by atoms with Crippen molar-refractivity contribution >= 4 is 0 Å². The van der Waals surface area contributed by atoms with E-state index in [4.69, 9.17) is 0 Å². The van der Waals surface area contributed by atoms with E-state index in [9.17, 15) is 0 Å². The quantitative estimate of drug-likeness (QED) is 0.350. The van der Waals surface area contributed by atoms with Gasteiger partial charge in [0.25, 0.3) is 0 Å². The van der Waals surface area contributed by atoms with Crippen LogP contribution < -0.4 is 0 Å². The minimum Gasteiger partial charge on any atom is -0.320 e. The van der Waals surface area contributed by atoms with E-state index in [1.807, 2.05) is 0 Å². The molecule has 2 aliphatic heterocycles. The normalized spacial score (nSPS) is 38.2. The fraction of sp³-hybridized carbons (Fsp3) is 0.810. The molecule has 0 radical (unpaired) electrons. The van der Waals surface area contributed by atoms with Crippen molar-refractivity contribution in [2.75, 3.05) is 40.3 Å². The predicted octanol–water partition coefficient (Wildman–Crippen LogP) is 4.53. The summed E-state index contributed by atoms with van der Waals surface area (Å²) in [6, 6.07) is 1.39. The molecule has 2 heteroatoms. The van der Waals surface area contributed by atoms with Crippen molar-refractivity contribution in [1.82, 2.24) is 0 Å². The zero-order chi connectivity index (χ0) is 16.8. The van der Waals surface area contributed by atoms with E-state index in [1.165, 1.54) is 92.9 Å². The molecule has 2 fully saturated rings. The fourth-order valence-electron chi connectivity index (χ4n) is 5.03. The molecule has 0 N–H and O–H groups in total. The van der Waals surface area contributed by atoms with Crippen LogP contribution in [0.2, 0.25) is 0 Å². The van der Waals surface area contributed by atoms with Crippen molar-refractivity contribution in [3.63, 3.8) is 0 Å². The molecule has 0 amide bonds. The van der Waals surface area contributed by atoms with Gasteiger partial charge in [-0.3, -0.25) is 0 Å². The Balaban J connectivity index is 1.72. The molecule has 4 unspecified atom stereocenters. The lowest BCUT2D eigenvalue weighted by molar-refractivity contribution is -0.933. The predicted molar refractivity (Wildman–Crippen MR) is 101 cm³/mol. The second-order valence-electron chi connectivity index (χ2n) is 8.51. The van der Waals surface area contributed by atoms with Gasteiger partial charge >= 0.3 is 0 Å². The maximum Gasteiger partial charge on any atom is 0.107 e. The summed E-state index contributed by atoms with van der Waals surface area (Å²) in [6.45, 7) is 13.5. The second-order valence-corrected chi connectivity index (χ2v) is 8.51. The lowest BCUT2D eigenvalue weighted by Gasteiger charge is -2.44. The van der Waals surface area contributed by atoms with Crippen LogP contribution in [-0.4, -0.2) is 61.3 Å². The fourth-order valence-corrected chi connectivity index (χ4v) is 5.03. The maximum absolute atomic E-state index is 4.08. The molecule has 0 bridgehead atoms. The topological polar surface area (TPSA) is 0 Å². The van der Waals surface area contributed by atoms with Crippen LogP contribution in [-0.2, 0) is 0 Å². The Labute approximate surface area is 145 Å². The smallest absolute Gasteiger partial charge is 0.107 e. The molecule has 0 saturated carbocycles. The monoisotopic (exact) mass is 320 g/mol. The van der Waals surface area contributed by atoms with Gasteiger partial charge < -0.3 is 8.97 Å². The summed E-state index contributed by atoms with van der Waals surface area (Å²) in [4.78, 5) is 0. The van der Waals surface area contributed by atoms with Crippen molar-refractivity contribution in [3.05, 3.63) is 25.3 Å². The van der Waals surface area contributed by atoms with Crippen molar-refractivity contribution in [2.24, 2.45) is 0 Å². The number of likely N-dealkylation sites (tertiary alicyclic amines) is 2. The summed E-state index contributed by atoms with van der Waals surface area (Å²) in [5.41, 5.74) is 0. The first-order valence-corrected chi connectivity index (χ1v) is 9.98. The van der Waals surface area contributed by atoms with Crippen LogP contribution in [0.4, 0.5) is 0 Å². The highest BCUT2D eigenvalue weighted by Crippen LogP contribution is 2.27. The van der Waals surface area contributed by atoms with E-state index >= 15 is 0 Å². The largest absolute Gasteiger partial charge is 0.320 e. The third-order valence-corrected chi connectivity index (χ3v) is 6.82. The van der Waals surface area contributed by atoms with Gasteiger partial charge in [-0.25, -0.2) is 0 Å². The zero-order valence-corrected chi connectivity index (χ0v) is 15.8. The number of likely N-dealkylation sites (N-methyl/N-ethyl adjacent to an activating group) is 2. The molecule has 4 atom stereocenters. The zero-order valence-electron chi connectivity index (χ0n) is 15.8. The summed E-state index contributed by atoms with van der Waals surface area (Å²) < 4.78 is 2.48. The van der Waals surface area contributed by atoms with E-state index in [2.05, 4.69) is 39.4 Å². The van der Waals surface area contributed by atoms with Crippen molar-refractivity contribution < 1.29 is 8.97 Å². The third kappa shape index (κ3) is 4.70. The molecular formula is C21H40N2+2. The Morgan fingerprint density at radius 1 is 0.739 bits per heavy atom. The van der Waals surface area contributed by atoms with Gasteiger partial charge in [-0.05, 0) is 57.1 Å².